The molecule has 5 rings (SSSR count). The molecule has 2 spiro atoms. The van der Waals surface area contributed by atoms with E-state index in [1.807, 2.05) is 0 Å². The van der Waals surface area contributed by atoms with Crippen LogP contribution in [-0.4, -0.2) is 55.5 Å². The second kappa shape index (κ2) is 8.71. The second-order valence-electron chi connectivity index (χ2n) is 9.62. The van der Waals surface area contributed by atoms with E-state index in [-0.39, 0.29) is 30.7 Å². The summed E-state index contributed by atoms with van der Waals surface area (Å²) in [6, 6.07) is 0. The Labute approximate surface area is 174 Å². The summed E-state index contributed by atoms with van der Waals surface area (Å²) in [6.45, 7) is 3.52. The van der Waals surface area contributed by atoms with E-state index in [0.29, 0.717) is 6.61 Å². The van der Waals surface area contributed by atoms with Gasteiger partial charge in [0.2, 0.25) is 0 Å². The van der Waals surface area contributed by atoms with Crippen molar-refractivity contribution in [1.82, 2.24) is 0 Å². The minimum absolute atomic E-state index is 0.107. The van der Waals surface area contributed by atoms with Gasteiger partial charge >= 0.3 is 0 Å². The molecule has 0 bridgehead atoms. The van der Waals surface area contributed by atoms with Crippen molar-refractivity contribution >= 4 is 0 Å². The van der Waals surface area contributed by atoms with Gasteiger partial charge in [0.1, 0.15) is 24.4 Å². The smallest absolute Gasteiger partial charge is 0.190 e. The normalized spacial score (nSPS) is 40.7. The Bertz CT molecular complexity index is 541. The zero-order valence-electron chi connectivity index (χ0n) is 17.9. The lowest BCUT2D eigenvalue weighted by Crippen LogP contribution is -2.46. The second-order valence-corrected chi connectivity index (χ2v) is 9.62. The molecule has 6 nitrogen and oxygen atoms in total. The van der Waals surface area contributed by atoms with E-state index in [9.17, 15) is 0 Å². The zero-order chi connectivity index (χ0) is 19.7. The van der Waals surface area contributed by atoms with E-state index >= 15 is 0 Å². The van der Waals surface area contributed by atoms with Gasteiger partial charge in [0.15, 0.2) is 17.9 Å². The van der Waals surface area contributed by atoms with Gasteiger partial charge in [-0.1, -0.05) is 32.6 Å². The molecular formula is C23H38O6. The van der Waals surface area contributed by atoms with E-state index < -0.39 is 11.6 Å². The summed E-state index contributed by atoms with van der Waals surface area (Å²) in [5.41, 5.74) is 0. The van der Waals surface area contributed by atoms with Crippen LogP contribution < -0.4 is 0 Å². The minimum Gasteiger partial charge on any atom is -0.372 e. The van der Waals surface area contributed by atoms with Crippen LogP contribution in [0.1, 0.15) is 90.4 Å². The highest BCUT2D eigenvalue weighted by Gasteiger charge is 2.61. The fraction of sp³-hybridized carbons (Fsp3) is 1.00. The van der Waals surface area contributed by atoms with Crippen LogP contribution in [-0.2, 0) is 28.4 Å². The molecule has 0 amide bonds. The van der Waals surface area contributed by atoms with Crippen molar-refractivity contribution in [3.8, 4) is 0 Å². The molecule has 5 fully saturated rings. The molecule has 3 aliphatic heterocycles. The third kappa shape index (κ3) is 4.13. The van der Waals surface area contributed by atoms with E-state index in [4.69, 9.17) is 28.4 Å². The van der Waals surface area contributed by atoms with Crippen LogP contribution in [0.15, 0.2) is 0 Å². The Morgan fingerprint density at radius 3 is 2.24 bits per heavy atom. The highest BCUT2D eigenvalue weighted by molar-refractivity contribution is 5.01. The van der Waals surface area contributed by atoms with Crippen LogP contribution in [0.25, 0.3) is 0 Å². The average Bonchev–Trinajstić information content (AvgIpc) is 3.39. The first-order valence-corrected chi connectivity index (χ1v) is 12.2. The summed E-state index contributed by atoms with van der Waals surface area (Å²) in [7, 11) is 0. The maximum absolute atomic E-state index is 6.54. The molecule has 5 aliphatic rings. The largest absolute Gasteiger partial charge is 0.372 e. The molecule has 0 aromatic rings. The summed E-state index contributed by atoms with van der Waals surface area (Å²) < 4.78 is 38.4. The molecule has 166 valence electrons. The minimum atomic E-state index is -0.457. The Morgan fingerprint density at radius 1 is 0.793 bits per heavy atom. The Hall–Kier alpha value is -0.240. The van der Waals surface area contributed by atoms with Gasteiger partial charge in [-0.25, -0.2) is 0 Å². The van der Waals surface area contributed by atoms with Gasteiger partial charge < -0.3 is 28.4 Å². The first kappa shape index (κ1) is 20.7. The van der Waals surface area contributed by atoms with E-state index in [1.54, 1.807) is 0 Å². The summed E-state index contributed by atoms with van der Waals surface area (Å²) in [6.07, 6.45) is 13.6. The monoisotopic (exact) mass is 410 g/mol. The SMILES string of the molecule is CCCCCO[C@@H]1[C@H]2OC3(CCCCC3)O[C@@H]2O[C@@H]1[C@@H]1COC2(CCCCC2)O1. The fourth-order valence-corrected chi connectivity index (χ4v) is 5.84. The maximum atomic E-state index is 6.54. The molecular weight excluding hydrogens is 372 g/mol. The topological polar surface area (TPSA) is 55.4 Å². The zero-order valence-corrected chi connectivity index (χ0v) is 17.9. The van der Waals surface area contributed by atoms with Crippen molar-refractivity contribution in [1.29, 1.82) is 0 Å². The van der Waals surface area contributed by atoms with Crippen molar-refractivity contribution in [2.24, 2.45) is 0 Å². The van der Waals surface area contributed by atoms with Gasteiger partial charge in [0.05, 0.1) is 6.61 Å². The van der Waals surface area contributed by atoms with Gasteiger partial charge in [-0.15, -0.1) is 0 Å². The van der Waals surface area contributed by atoms with E-state index in [1.165, 1.54) is 38.5 Å². The van der Waals surface area contributed by atoms with Crippen molar-refractivity contribution in [2.45, 2.75) is 133 Å². The number of ether oxygens (including phenoxy) is 6. The molecule has 0 radical (unpaired) electrons. The molecule has 0 aromatic carbocycles. The van der Waals surface area contributed by atoms with Gasteiger partial charge in [-0.05, 0) is 32.1 Å². The molecule has 29 heavy (non-hydrogen) atoms. The standard InChI is InChI=1S/C23H38O6/c1-2-3-10-15-24-19-18(17-16-25-22(27-17)11-6-4-7-12-22)26-21-20(19)28-23(29-21)13-8-5-9-14-23/h17-21H,2-16H2,1H3/t17-,18+,19-,20+,21-/m0/s1. The summed E-state index contributed by atoms with van der Waals surface area (Å²) in [4.78, 5) is 0. The van der Waals surface area contributed by atoms with Crippen LogP contribution in [0.4, 0.5) is 0 Å². The molecule has 2 saturated carbocycles. The van der Waals surface area contributed by atoms with Gasteiger partial charge in [-0.3, -0.25) is 0 Å². The molecule has 3 saturated heterocycles. The van der Waals surface area contributed by atoms with Gasteiger partial charge in [0.25, 0.3) is 0 Å². The Balaban J connectivity index is 1.27. The molecule has 5 atom stereocenters. The third-order valence-electron chi connectivity index (χ3n) is 7.42. The van der Waals surface area contributed by atoms with E-state index in [2.05, 4.69) is 6.92 Å². The number of fused-ring (bicyclic) bond motifs is 1. The fourth-order valence-electron chi connectivity index (χ4n) is 5.84. The number of unbranched alkanes of at least 4 members (excludes halogenated alkanes) is 2. The van der Waals surface area contributed by atoms with Gasteiger partial charge in [-0.2, -0.15) is 0 Å². The Morgan fingerprint density at radius 2 is 1.52 bits per heavy atom. The van der Waals surface area contributed by atoms with Crippen LogP contribution in [0, 0.1) is 0 Å². The van der Waals surface area contributed by atoms with Crippen molar-refractivity contribution in [2.75, 3.05) is 13.2 Å². The summed E-state index contributed by atoms with van der Waals surface area (Å²) >= 11 is 0. The predicted octanol–water partition coefficient (Wildman–Crippen LogP) is 4.44. The van der Waals surface area contributed by atoms with Crippen LogP contribution in [0.5, 0.6) is 0 Å². The molecule has 0 unspecified atom stereocenters. The van der Waals surface area contributed by atoms with Crippen molar-refractivity contribution in [3.63, 3.8) is 0 Å². The number of hydrogen-bond donors (Lipinski definition) is 0. The predicted molar refractivity (Wildman–Crippen MR) is 106 cm³/mol. The molecule has 6 heteroatoms. The lowest BCUT2D eigenvalue weighted by atomic mass is 9.94. The summed E-state index contributed by atoms with van der Waals surface area (Å²) in [5.74, 6) is -0.857. The lowest BCUT2D eigenvalue weighted by molar-refractivity contribution is -0.262. The quantitative estimate of drug-likeness (QED) is 0.604. The highest BCUT2D eigenvalue weighted by atomic mass is 16.9. The van der Waals surface area contributed by atoms with Crippen molar-refractivity contribution < 1.29 is 28.4 Å². The third-order valence-corrected chi connectivity index (χ3v) is 7.42. The molecule has 0 N–H and O–H groups in total. The maximum Gasteiger partial charge on any atom is 0.190 e. The molecule has 0 aromatic heterocycles. The van der Waals surface area contributed by atoms with E-state index in [0.717, 1.165) is 51.6 Å². The van der Waals surface area contributed by atoms with Crippen molar-refractivity contribution in [3.05, 3.63) is 0 Å². The molecule has 2 aliphatic carbocycles. The summed E-state index contributed by atoms with van der Waals surface area (Å²) in [5, 5.41) is 0. The lowest BCUT2D eigenvalue weighted by Gasteiger charge is -2.35. The first-order valence-electron chi connectivity index (χ1n) is 12.2. The molecule has 3 heterocycles. The van der Waals surface area contributed by atoms with Crippen LogP contribution >= 0.6 is 0 Å². The number of rotatable bonds is 6. The van der Waals surface area contributed by atoms with Crippen LogP contribution in [0.2, 0.25) is 0 Å². The Kier molecular flexibility index (Phi) is 6.21. The number of hydrogen-bond acceptors (Lipinski definition) is 6. The first-order chi connectivity index (χ1) is 14.2. The highest BCUT2D eigenvalue weighted by Crippen LogP contribution is 2.48. The van der Waals surface area contributed by atoms with Gasteiger partial charge in [0, 0.05) is 32.3 Å². The van der Waals surface area contributed by atoms with Crippen LogP contribution in [0.3, 0.4) is 0 Å². The average molecular weight is 411 g/mol.